The van der Waals surface area contributed by atoms with E-state index in [1.54, 1.807) is 0 Å². The third-order valence-corrected chi connectivity index (χ3v) is 5.35. The molecule has 0 fully saturated rings. The molecule has 0 bridgehead atoms. The first-order chi connectivity index (χ1) is 12.8. The molecule has 26 heavy (non-hydrogen) atoms. The minimum Gasteiger partial charge on any atom is -0.333 e. The normalized spacial score (nSPS) is 20.1. The fraction of sp³-hybridized carbons (Fsp3) is 0.0833. The van der Waals surface area contributed by atoms with Gasteiger partial charge in [0, 0.05) is 17.3 Å². The van der Waals surface area contributed by atoms with Crippen LogP contribution in [-0.2, 0) is 0 Å². The van der Waals surface area contributed by atoms with Crippen LogP contribution in [0.4, 0.5) is 11.4 Å². The van der Waals surface area contributed by atoms with Crippen LogP contribution in [0.2, 0.25) is 0 Å². The maximum atomic E-state index is 5.80. The quantitative estimate of drug-likeness (QED) is 0.605. The number of anilines is 2. The summed E-state index contributed by atoms with van der Waals surface area (Å²) in [6.45, 7) is 0. The zero-order valence-corrected chi connectivity index (χ0v) is 14.4. The smallest absolute Gasteiger partial charge is 0.113 e. The lowest BCUT2D eigenvalue weighted by atomic mass is 9.91. The molecule has 3 aromatic rings. The summed E-state index contributed by atoms with van der Waals surface area (Å²) in [6.07, 6.45) is 8.93. The van der Waals surface area contributed by atoms with Gasteiger partial charge >= 0.3 is 0 Å². The Hall–Kier alpha value is -3.00. The molecule has 3 aromatic carbocycles. The van der Waals surface area contributed by atoms with Crippen LogP contribution in [-0.4, -0.2) is 13.9 Å². The van der Waals surface area contributed by atoms with Crippen molar-refractivity contribution in [3.05, 3.63) is 103 Å². The van der Waals surface area contributed by atoms with Crippen LogP contribution >= 0.6 is 0 Å². The first-order valence-electron chi connectivity index (χ1n) is 9.00. The molecule has 5 rings (SSSR count). The van der Waals surface area contributed by atoms with E-state index in [0.29, 0.717) is 12.0 Å². The molecule has 1 aliphatic heterocycles. The van der Waals surface area contributed by atoms with Crippen molar-refractivity contribution in [3.63, 3.8) is 0 Å². The van der Waals surface area contributed by atoms with Crippen LogP contribution in [0.3, 0.4) is 0 Å². The van der Waals surface area contributed by atoms with Crippen molar-refractivity contribution in [2.24, 2.45) is 0 Å². The zero-order valence-electron chi connectivity index (χ0n) is 14.4. The van der Waals surface area contributed by atoms with E-state index in [1.807, 2.05) is 12.1 Å². The van der Waals surface area contributed by atoms with Gasteiger partial charge in [-0.25, -0.2) is 0 Å². The predicted molar refractivity (Wildman–Crippen MR) is 111 cm³/mol. The molecule has 122 valence electrons. The van der Waals surface area contributed by atoms with E-state index in [9.17, 15) is 0 Å². The lowest BCUT2D eigenvalue weighted by molar-refractivity contribution is 0.745. The summed E-state index contributed by atoms with van der Waals surface area (Å²) < 4.78 is 0. The molecule has 2 unspecified atom stereocenters. The molecule has 2 heteroatoms. The number of allylic oxidation sites excluding steroid dienone is 2. The average Bonchev–Trinajstić information content (AvgIpc) is 3.03. The first-order valence-corrected chi connectivity index (χ1v) is 9.00. The number of hydrogen-bond acceptors (Lipinski definition) is 1. The van der Waals surface area contributed by atoms with Gasteiger partial charge in [-0.2, -0.15) is 0 Å². The van der Waals surface area contributed by atoms with Crippen molar-refractivity contribution in [2.75, 3.05) is 4.90 Å². The van der Waals surface area contributed by atoms with Crippen LogP contribution < -0.4 is 10.4 Å². The van der Waals surface area contributed by atoms with Crippen molar-refractivity contribution in [1.82, 2.24) is 0 Å². The summed E-state index contributed by atoms with van der Waals surface area (Å²) in [5.74, 6) is 0.424. The maximum absolute atomic E-state index is 5.80. The fourth-order valence-electron chi connectivity index (χ4n) is 4.08. The highest BCUT2D eigenvalue weighted by molar-refractivity contribution is 6.32. The Kier molecular flexibility index (Phi) is 3.56. The lowest BCUT2D eigenvalue weighted by Gasteiger charge is -2.28. The fourth-order valence-corrected chi connectivity index (χ4v) is 4.08. The molecular weight excluding hydrogens is 313 g/mol. The van der Waals surface area contributed by atoms with Crippen molar-refractivity contribution >= 4 is 24.7 Å². The van der Waals surface area contributed by atoms with Gasteiger partial charge < -0.3 is 4.90 Å². The number of nitrogens with zero attached hydrogens (tertiary/aromatic N) is 1. The van der Waals surface area contributed by atoms with Crippen molar-refractivity contribution < 1.29 is 0 Å². The van der Waals surface area contributed by atoms with Crippen LogP contribution in [0.25, 0.3) is 11.1 Å². The molecule has 1 aliphatic carbocycles. The maximum Gasteiger partial charge on any atom is 0.113 e. The number of para-hydroxylation sites is 1. The molecule has 0 saturated carbocycles. The summed E-state index contributed by atoms with van der Waals surface area (Å²) in [4.78, 5) is 2.45. The molecule has 2 atom stereocenters. The monoisotopic (exact) mass is 331 g/mol. The summed E-state index contributed by atoms with van der Waals surface area (Å²) in [7, 11) is 5.80. The van der Waals surface area contributed by atoms with Gasteiger partial charge in [-0.05, 0) is 34.9 Å². The Morgan fingerprint density at radius 3 is 2.12 bits per heavy atom. The van der Waals surface area contributed by atoms with E-state index in [1.165, 1.54) is 28.1 Å². The van der Waals surface area contributed by atoms with Gasteiger partial charge in [0.1, 0.15) is 7.85 Å². The topological polar surface area (TPSA) is 3.24 Å². The summed E-state index contributed by atoms with van der Waals surface area (Å²) in [6, 6.07) is 25.9. The van der Waals surface area contributed by atoms with Crippen LogP contribution in [0, 0.1) is 0 Å². The molecule has 0 aromatic heterocycles. The molecule has 1 nitrogen and oxygen atoms in total. The SMILES string of the molecule is [B]c1ccc(-c2ccc(N3c4ccccc4C4C=CC=CC43)cc2)cc1. The third-order valence-electron chi connectivity index (χ3n) is 5.35. The molecular formula is C24H18BN. The van der Waals surface area contributed by atoms with Gasteiger partial charge in [0.25, 0.3) is 0 Å². The van der Waals surface area contributed by atoms with E-state index >= 15 is 0 Å². The first kappa shape index (κ1) is 15.3. The summed E-state index contributed by atoms with van der Waals surface area (Å²) in [5.41, 5.74) is 7.12. The molecule has 0 spiro atoms. The lowest BCUT2D eigenvalue weighted by Crippen LogP contribution is -2.28. The molecule has 0 saturated heterocycles. The third kappa shape index (κ3) is 2.41. The van der Waals surface area contributed by atoms with Gasteiger partial charge in [0.05, 0.1) is 6.04 Å². The number of benzene rings is 3. The van der Waals surface area contributed by atoms with Crippen LogP contribution in [0.1, 0.15) is 11.5 Å². The van der Waals surface area contributed by atoms with E-state index in [2.05, 4.69) is 89.9 Å². The largest absolute Gasteiger partial charge is 0.333 e. The van der Waals surface area contributed by atoms with Crippen molar-refractivity contribution in [1.29, 1.82) is 0 Å². The highest BCUT2D eigenvalue weighted by Gasteiger charge is 2.36. The highest BCUT2D eigenvalue weighted by Crippen LogP contribution is 2.47. The van der Waals surface area contributed by atoms with Gasteiger partial charge in [-0.15, -0.1) is 0 Å². The minimum atomic E-state index is 0.347. The second-order valence-corrected chi connectivity index (χ2v) is 6.88. The van der Waals surface area contributed by atoms with Gasteiger partial charge in [-0.1, -0.05) is 84.4 Å². The van der Waals surface area contributed by atoms with Gasteiger partial charge in [0.2, 0.25) is 0 Å². The molecule has 2 radical (unpaired) electrons. The van der Waals surface area contributed by atoms with E-state index < -0.39 is 0 Å². The van der Waals surface area contributed by atoms with Gasteiger partial charge in [0.15, 0.2) is 0 Å². The molecule has 1 heterocycles. The number of fused-ring (bicyclic) bond motifs is 3. The minimum absolute atomic E-state index is 0.347. The standard InChI is InChI=1S/C24H18BN/c25-19-13-9-17(10-14-19)18-11-15-20(16-12-18)26-23-7-3-1-5-21(23)22-6-2-4-8-24(22)26/h1-16,21,23H. The molecule has 0 amide bonds. The Morgan fingerprint density at radius 1 is 0.692 bits per heavy atom. The van der Waals surface area contributed by atoms with E-state index in [-0.39, 0.29) is 0 Å². The summed E-state index contributed by atoms with van der Waals surface area (Å²) in [5, 5.41) is 0. The Balaban J connectivity index is 1.54. The Morgan fingerprint density at radius 2 is 1.35 bits per heavy atom. The predicted octanol–water partition coefficient (Wildman–Crippen LogP) is 4.88. The van der Waals surface area contributed by atoms with Crippen LogP contribution in [0.5, 0.6) is 0 Å². The van der Waals surface area contributed by atoms with Crippen molar-refractivity contribution in [3.8, 4) is 11.1 Å². The number of hydrogen-bond donors (Lipinski definition) is 0. The molecule has 2 aliphatic rings. The zero-order chi connectivity index (χ0) is 17.5. The van der Waals surface area contributed by atoms with Gasteiger partial charge in [-0.3, -0.25) is 0 Å². The number of rotatable bonds is 2. The second kappa shape index (κ2) is 6.07. The van der Waals surface area contributed by atoms with E-state index in [0.717, 1.165) is 5.46 Å². The van der Waals surface area contributed by atoms with Crippen molar-refractivity contribution in [2.45, 2.75) is 12.0 Å². The Labute approximate surface area is 155 Å². The van der Waals surface area contributed by atoms with Crippen LogP contribution in [0.15, 0.2) is 97.1 Å². The average molecular weight is 331 g/mol. The van der Waals surface area contributed by atoms with E-state index in [4.69, 9.17) is 7.85 Å². The highest BCUT2D eigenvalue weighted by atomic mass is 15.2. The molecule has 0 N–H and O–H groups in total. The summed E-state index contributed by atoms with van der Waals surface area (Å²) >= 11 is 0. The Bertz CT molecular complexity index is 999. The second-order valence-electron chi connectivity index (χ2n) is 6.88.